The molecule has 17 heavy (non-hydrogen) atoms. The molecule has 92 valence electrons. The van der Waals surface area contributed by atoms with E-state index < -0.39 is 0 Å². The number of nitriles is 1. The largest absolute Gasteiger partial charge is 0.369 e. The van der Waals surface area contributed by atoms with Gasteiger partial charge in [0.15, 0.2) is 0 Å². The van der Waals surface area contributed by atoms with Gasteiger partial charge in [-0.2, -0.15) is 5.26 Å². The zero-order valence-electron chi connectivity index (χ0n) is 11.0. The van der Waals surface area contributed by atoms with Gasteiger partial charge in [0.05, 0.1) is 5.56 Å². The number of nitrogens with zero attached hydrogens (tertiary/aromatic N) is 2. The van der Waals surface area contributed by atoms with Crippen LogP contribution in [0.15, 0.2) is 12.3 Å². The predicted molar refractivity (Wildman–Crippen MR) is 70.9 cm³/mol. The molecule has 0 saturated heterocycles. The Labute approximate surface area is 104 Å². The van der Waals surface area contributed by atoms with Gasteiger partial charge in [0.1, 0.15) is 11.9 Å². The van der Waals surface area contributed by atoms with Gasteiger partial charge in [-0.15, -0.1) is 0 Å². The molecule has 0 radical (unpaired) electrons. The Morgan fingerprint density at radius 3 is 2.82 bits per heavy atom. The quantitative estimate of drug-likeness (QED) is 0.762. The number of aryl methyl sites for hydroxylation is 1. The van der Waals surface area contributed by atoms with E-state index in [0.29, 0.717) is 5.56 Å². The van der Waals surface area contributed by atoms with Crippen LogP contribution in [-0.4, -0.2) is 11.5 Å². The summed E-state index contributed by atoms with van der Waals surface area (Å²) in [5.41, 5.74) is 1.64. The normalized spacial score (nSPS) is 10.3. The molecular formula is C14H21N3. The van der Waals surface area contributed by atoms with Gasteiger partial charge in [-0.25, -0.2) is 4.98 Å². The van der Waals surface area contributed by atoms with E-state index in [1.54, 1.807) is 6.20 Å². The van der Waals surface area contributed by atoms with Gasteiger partial charge in [-0.3, -0.25) is 0 Å². The first-order chi connectivity index (χ1) is 8.15. The van der Waals surface area contributed by atoms with Crippen LogP contribution in [0, 0.1) is 24.2 Å². The summed E-state index contributed by atoms with van der Waals surface area (Å²) in [6, 6.07) is 4.06. The van der Waals surface area contributed by atoms with E-state index in [4.69, 9.17) is 5.26 Å². The van der Waals surface area contributed by atoms with Crippen LogP contribution in [0.25, 0.3) is 0 Å². The molecule has 0 unspecified atom stereocenters. The van der Waals surface area contributed by atoms with E-state index in [1.165, 1.54) is 12.8 Å². The van der Waals surface area contributed by atoms with Crippen molar-refractivity contribution in [3.63, 3.8) is 0 Å². The molecule has 1 aromatic heterocycles. The minimum atomic E-state index is 0.663. The number of hydrogen-bond donors (Lipinski definition) is 1. The van der Waals surface area contributed by atoms with Crippen molar-refractivity contribution in [2.24, 2.45) is 5.92 Å². The van der Waals surface area contributed by atoms with Gasteiger partial charge in [0, 0.05) is 12.7 Å². The van der Waals surface area contributed by atoms with Crippen molar-refractivity contribution >= 4 is 5.82 Å². The summed E-state index contributed by atoms with van der Waals surface area (Å²) in [4.78, 5) is 4.21. The molecule has 3 heteroatoms. The lowest BCUT2D eigenvalue weighted by atomic mass is 10.1. The summed E-state index contributed by atoms with van der Waals surface area (Å²) in [7, 11) is 0. The highest BCUT2D eigenvalue weighted by atomic mass is 15.0. The van der Waals surface area contributed by atoms with Crippen molar-refractivity contribution in [1.82, 2.24) is 4.98 Å². The molecule has 0 aliphatic rings. The summed E-state index contributed by atoms with van der Waals surface area (Å²) in [6.07, 6.45) is 5.34. The molecular weight excluding hydrogens is 210 g/mol. The van der Waals surface area contributed by atoms with Crippen molar-refractivity contribution in [1.29, 1.82) is 5.26 Å². The van der Waals surface area contributed by atoms with Crippen LogP contribution in [0.4, 0.5) is 5.82 Å². The highest BCUT2D eigenvalue weighted by Gasteiger charge is 2.05. The number of unbranched alkanes of at least 4 members (excludes halogenated alkanes) is 1. The van der Waals surface area contributed by atoms with Gasteiger partial charge < -0.3 is 5.32 Å². The lowest BCUT2D eigenvalue weighted by Gasteiger charge is -2.09. The third kappa shape index (κ3) is 4.44. The Kier molecular flexibility index (Phi) is 5.48. The average molecular weight is 231 g/mol. The maximum Gasteiger partial charge on any atom is 0.144 e. The van der Waals surface area contributed by atoms with Crippen molar-refractivity contribution in [2.75, 3.05) is 11.9 Å². The van der Waals surface area contributed by atoms with Crippen molar-refractivity contribution in [3.8, 4) is 6.07 Å². The third-order valence-corrected chi connectivity index (χ3v) is 2.77. The summed E-state index contributed by atoms with van der Waals surface area (Å²) in [6.45, 7) is 7.30. The summed E-state index contributed by atoms with van der Waals surface area (Å²) in [5, 5.41) is 12.3. The molecule has 1 N–H and O–H groups in total. The molecule has 3 nitrogen and oxygen atoms in total. The lowest BCUT2D eigenvalue weighted by molar-refractivity contribution is 0.544. The summed E-state index contributed by atoms with van der Waals surface area (Å²) >= 11 is 0. The molecule has 0 aliphatic carbocycles. The van der Waals surface area contributed by atoms with E-state index in [0.717, 1.165) is 30.3 Å². The standard InChI is InChI=1S/C14H21N3/c1-11(2)6-4-5-8-16-14-13(10-15)12(3)7-9-17-14/h7,9,11H,4-6,8H2,1-3H3,(H,16,17). The molecule has 0 spiro atoms. The maximum absolute atomic E-state index is 9.04. The fraction of sp³-hybridized carbons (Fsp3) is 0.571. The Hall–Kier alpha value is -1.56. The highest BCUT2D eigenvalue weighted by molar-refractivity contribution is 5.55. The number of rotatable bonds is 6. The van der Waals surface area contributed by atoms with Gasteiger partial charge >= 0.3 is 0 Å². The SMILES string of the molecule is Cc1ccnc(NCCCCC(C)C)c1C#N. The van der Waals surface area contributed by atoms with Crippen LogP contribution in [0.2, 0.25) is 0 Å². The second-order valence-corrected chi connectivity index (χ2v) is 4.78. The van der Waals surface area contributed by atoms with Crippen LogP contribution in [0.5, 0.6) is 0 Å². The maximum atomic E-state index is 9.04. The Morgan fingerprint density at radius 1 is 1.41 bits per heavy atom. The first kappa shape index (κ1) is 13.5. The average Bonchev–Trinajstić information content (AvgIpc) is 2.28. The van der Waals surface area contributed by atoms with Gasteiger partial charge in [0.25, 0.3) is 0 Å². The first-order valence-corrected chi connectivity index (χ1v) is 6.24. The molecule has 1 aromatic rings. The third-order valence-electron chi connectivity index (χ3n) is 2.77. The Balaban J connectivity index is 2.42. The van der Waals surface area contributed by atoms with Gasteiger partial charge in [-0.05, 0) is 30.9 Å². The number of nitrogens with one attached hydrogen (secondary N) is 1. The van der Waals surface area contributed by atoms with E-state index in [2.05, 4.69) is 30.2 Å². The number of anilines is 1. The molecule has 0 saturated carbocycles. The van der Waals surface area contributed by atoms with Gasteiger partial charge in [0.2, 0.25) is 0 Å². The minimum absolute atomic E-state index is 0.663. The summed E-state index contributed by atoms with van der Waals surface area (Å²) in [5.74, 6) is 1.49. The minimum Gasteiger partial charge on any atom is -0.369 e. The van der Waals surface area contributed by atoms with Crippen LogP contribution in [0.3, 0.4) is 0 Å². The zero-order valence-corrected chi connectivity index (χ0v) is 11.0. The van der Waals surface area contributed by atoms with Crippen LogP contribution >= 0.6 is 0 Å². The van der Waals surface area contributed by atoms with E-state index in [-0.39, 0.29) is 0 Å². The summed E-state index contributed by atoms with van der Waals surface area (Å²) < 4.78 is 0. The molecule has 0 amide bonds. The molecule has 0 aromatic carbocycles. The molecule has 0 atom stereocenters. The molecule has 1 rings (SSSR count). The highest BCUT2D eigenvalue weighted by Crippen LogP contribution is 2.15. The molecule has 0 fully saturated rings. The smallest absolute Gasteiger partial charge is 0.144 e. The van der Waals surface area contributed by atoms with E-state index >= 15 is 0 Å². The first-order valence-electron chi connectivity index (χ1n) is 6.24. The van der Waals surface area contributed by atoms with Crippen LogP contribution in [0.1, 0.15) is 44.2 Å². The topological polar surface area (TPSA) is 48.7 Å². The Morgan fingerprint density at radius 2 is 2.18 bits per heavy atom. The molecule has 1 heterocycles. The monoisotopic (exact) mass is 231 g/mol. The number of aromatic nitrogens is 1. The number of hydrogen-bond acceptors (Lipinski definition) is 3. The lowest BCUT2D eigenvalue weighted by Crippen LogP contribution is -2.06. The van der Waals surface area contributed by atoms with Crippen molar-refractivity contribution in [2.45, 2.75) is 40.0 Å². The van der Waals surface area contributed by atoms with Crippen LogP contribution < -0.4 is 5.32 Å². The van der Waals surface area contributed by atoms with E-state index in [9.17, 15) is 0 Å². The zero-order chi connectivity index (χ0) is 12.7. The second-order valence-electron chi connectivity index (χ2n) is 4.78. The molecule has 0 bridgehead atoms. The fourth-order valence-electron chi connectivity index (χ4n) is 1.72. The Bertz CT molecular complexity index is 391. The second kappa shape index (κ2) is 6.90. The van der Waals surface area contributed by atoms with Crippen molar-refractivity contribution in [3.05, 3.63) is 23.4 Å². The van der Waals surface area contributed by atoms with Crippen molar-refractivity contribution < 1.29 is 0 Å². The van der Waals surface area contributed by atoms with Crippen LogP contribution in [-0.2, 0) is 0 Å². The van der Waals surface area contributed by atoms with E-state index in [1.807, 2.05) is 13.0 Å². The molecule has 0 aliphatic heterocycles. The predicted octanol–water partition coefficient (Wildman–Crippen LogP) is 3.50. The number of pyridine rings is 1. The fourth-order valence-corrected chi connectivity index (χ4v) is 1.72. The van der Waals surface area contributed by atoms with Gasteiger partial charge in [-0.1, -0.05) is 26.7 Å².